The van der Waals surface area contributed by atoms with Gasteiger partial charge in [0.15, 0.2) is 5.03 Å². The Hall–Kier alpha value is -1.86. The van der Waals surface area contributed by atoms with Gasteiger partial charge in [-0.1, -0.05) is 12.1 Å². The molecule has 0 unspecified atom stereocenters. The van der Waals surface area contributed by atoms with Crippen molar-refractivity contribution in [1.82, 2.24) is 13.9 Å². The number of benzene rings is 1. The molecule has 0 saturated carbocycles. The normalized spacial score (nSPS) is 16.1. The molecule has 106 valence electrons. The molecule has 0 spiro atoms. The highest BCUT2D eigenvalue weighted by Gasteiger charge is 2.30. The standard InChI is InChI=1S/C13H16N4O2S/c1-16-8-13(15-9-16)20(18,19)17-6-5-10-3-2-4-12(14)11(10)7-17/h2-4,8-9H,5-7,14H2,1H3. The summed E-state index contributed by atoms with van der Waals surface area (Å²) in [7, 11) is -1.81. The zero-order valence-electron chi connectivity index (χ0n) is 11.2. The van der Waals surface area contributed by atoms with Crippen LogP contribution in [-0.4, -0.2) is 28.8 Å². The lowest BCUT2D eigenvalue weighted by Crippen LogP contribution is -2.36. The van der Waals surface area contributed by atoms with E-state index in [0.717, 1.165) is 11.1 Å². The Morgan fingerprint density at radius 1 is 1.35 bits per heavy atom. The van der Waals surface area contributed by atoms with Crippen LogP contribution in [0.3, 0.4) is 0 Å². The number of rotatable bonds is 2. The van der Waals surface area contributed by atoms with Crippen molar-refractivity contribution in [3.8, 4) is 0 Å². The SMILES string of the molecule is Cn1cnc(S(=O)(=O)N2CCc3cccc(N)c3C2)c1. The fourth-order valence-corrected chi connectivity index (χ4v) is 3.82. The summed E-state index contributed by atoms with van der Waals surface area (Å²) in [5.74, 6) is 0. The maximum atomic E-state index is 12.5. The second kappa shape index (κ2) is 4.60. The van der Waals surface area contributed by atoms with Crippen LogP contribution in [0.5, 0.6) is 0 Å². The topological polar surface area (TPSA) is 81.2 Å². The van der Waals surface area contributed by atoms with Crippen LogP contribution >= 0.6 is 0 Å². The first-order valence-corrected chi connectivity index (χ1v) is 7.77. The van der Waals surface area contributed by atoms with Gasteiger partial charge in [0.1, 0.15) is 0 Å². The number of hydrogen-bond donors (Lipinski definition) is 1. The van der Waals surface area contributed by atoms with Crippen molar-refractivity contribution in [2.75, 3.05) is 12.3 Å². The van der Waals surface area contributed by atoms with Gasteiger partial charge in [-0.2, -0.15) is 4.31 Å². The monoisotopic (exact) mass is 292 g/mol. The van der Waals surface area contributed by atoms with Gasteiger partial charge in [-0.15, -0.1) is 0 Å². The van der Waals surface area contributed by atoms with E-state index in [4.69, 9.17) is 5.73 Å². The van der Waals surface area contributed by atoms with Crippen molar-refractivity contribution in [2.24, 2.45) is 7.05 Å². The molecule has 2 aromatic rings. The predicted molar refractivity (Wildman–Crippen MR) is 75.4 cm³/mol. The molecule has 2 heterocycles. The lowest BCUT2D eigenvalue weighted by atomic mass is 10.00. The molecule has 2 N–H and O–H groups in total. The van der Waals surface area contributed by atoms with Crippen LogP contribution in [0.15, 0.2) is 35.7 Å². The van der Waals surface area contributed by atoms with E-state index in [1.807, 2.05) is 12.1 Å². The zero-order chi connectivity index (χ0) is 14.3. The summed E-state index contributed by atoms with van der Waals surface area (Å²) >= 11 is 0. The van der Waals surface area contributed by atoms with E-state index in [2.05, 4.69) is 4.98 Å². The average Bonchev–Trinajstić information content (AvgIpc) is 2.86. The van der Waals surface area contributed by atoms with Crippen LogP contribution < -0.4 is 5.73 Å². The van der Waals surface area contributed by atoms with Crippen molar-refractivity contribution in [1.29, 1.82) is 0 Å². The van der Waals surface area contributed by atoms with E-state index in [1.165, 1.54) is 16.8 Å². The Labute approximate surface area is 117 Å². The van der Waals surface area contributed by atoms with Crippen molar-refractivity contribution in [2.45, 2.75) is 18.0 Å². The summed E-state index contributed by atoms with van der Waals surface area (Å²) in [5.41, 5.74) is 8.61. The molecule has 1 aliphatic heterocycles. The highest BCUT2D eigenvalue weighted by molar-refractivity contribution is 7.89. The molecule has 0 atom stereocenters. The van der Waals surface area contributed by atoms with E-state index < -0.39 is 10.0 Å². The number of aryl methyl sites for hydroxylation is 1. The first-order chi connectivity index (χ1) is 9.48. The number of nitrogens with two attached hydrogens (primary N) is 1. The molecule has 0 fully saturated rings. The number of fused-ring (bicyclic) bond motifs is 1. The van der Waals surface area contributed by atoms with Crippen molar-refractivity contribution >= 4 is 15.7 Å². The minimum Gasteiger partial charge on any atom is -0.398 e. The van der Waals surface area contributed by atoms with Gasteiger partial charge >= 0.3 is 0 Å². The van der Waals surface area contributed by atoms with Gasteiger partial charge in [0, 0.05) is 32.0 Å². The third-order valence-corrected chi connectivity index (χ3v) is 5.29. The second-order valence-corrected chi connectivity index (χ2v) is 6.84. The molecule has 0 saturated heterocycles. The summed E-state index contributed by atoms with van der Waals surface area (Å²) in [6, 6.07) is 5.70. The number of hydrogen-bond acceptors (Lipinski definition) is 4. The van der Waals surface area contributed by atoms with Gasteiger partial charge in [-0.05, 0) is 23.6 Å². The van der Waals surface area contributed by atoms with Gasteiger partial charge in [0.05, 0.1) is 6.33 Å². The van der Waals surface area contributed by atoms with E-state index >= 15 is 0 Å². The molecule has 0 radical (unpaired) electrons. The number of aromatic nitrogens is 2. The molecular weight excluding hydrogens is 276 g/mol. The zero-order valence-corrected chi connectivity index (χ0v) is 12.0. The Kier molecular flexibility index (Phi) is 3.02. The Bertz CT molecular complexity index is 751. The molecular formula is C13H16N4O2S. The summed E-state index contributed by atoms with van der Waals surface area (Å²) in [5, 5.41) is 0.0814. The molecule has 6 nitrogen and oxygen atoms in total. The number of anilines is 1. The molecule has 20 heavy (non-hydrogen) atoms. The lowest BCUT2D eigenvalue weighted by molar-refractivity contribution is 0.390. The maximum Gasteiger partial charge on any atom is 0.262 e. The van der Waals surface area contributed by atoms with Crippen molar-refractivity contribution in [3.05, 3.63) is 41.9 Å². The van der Waals surface area contributed by atoms with Crippen LogP contribution in [0.25, 0.3) is 0 Å². The average molecular weight is 292 g/mol. The molecule has 0 amide bonds. The first-order valence-electron chi connectivity index (χ1n) is 6.33. The van der Waals surface area contributed by atoms with Gasteiger partial charge < -0.3 is 10.3 Å². The van der Waals surface area contributed by atoms with Gasteiger partial charge in [-0.25, -0.2) is 13.4 Å². The highest BCUT2D eigenvalue weighted by atomic mass is 32.2. The third-order valence-electron chi connectivity index (χ3n) is 3.56. The van der Waals surface area contributed by atoms with Crippen LogP contribution in [0, 0.1) is 0 Å². The highest BCUT2D eigenvalue weighted by Crippen LogP contribution is 2.27. The minimum atomic E-state index is -3.55. The Balaban J connectivity index is 1.96. The molecule has 7 heteroatoms. The van der Waals surface area contributed by atoms with Crippen molar-refractivity contribution < 1.29 is 8.42 Å². The largest absolute Gasteiger partial charge is 0.398 e. The fraction of sp³-hybridized carbons (Fsp3) is 0.308. The predicted octanol–water partition coefficient (Wildman–Crippen LogP) is 0.749. The molecule has 3 rings (SSSR count). The van der Waals surface area contributed by atoms with Crippen LogP contribution in [0.4, 0.5) is 5.69 Å². The number of nitrogens with zero attached hydrogens (tertiary/aromatic N) is 3. The first kappa shape index (κ1) is 13.1. The van der Waals surface area contributed by atoms with Crippen LogP contribution in [-0.2, 0) is 30.0 Å². The third kappa shape index (κ3) is 2.08. The van der Waals surface area contributed by atoms with E-state index in [1.54, 1.807) is 17.7 Å². The molecule has 1 aliphatic rings. The van der Waals surface area contributed by atoms with E-state index in [0.29, 0.717) is 25.2 Å². The summed E-state index contributed by atoms with van der Waals surface area (Å²) < 4.78 is 28.1. The lowest BCUT2D eigenvalue weighted by Gasteiger charge is -2.28. The maximum absolute atomic E-state index is 12.5. The van der Waals surface area contributed by atoms with E-state index in [9.17, 15) is 8.42 Å². The summed E-state index contributed by atoms with van der Waals surface area (Å²) in [6.45, 7) is 0.760. The number of nitrogen functional groups attached to an aromatic ring is 1. The Morgan fingerprint density at radius 2 is 2.15 bits per heavy atom. The fourth-order valence-electron chi connectivity index (χ4n) is 2.44. The molecule has 0 bridgehead atoms. The number of imidazole rings is 1. The van der Waals surface area contributed by atoms with E-state index in [-0.39, 0.29) is 5.03 Å². The van der Waals surface area contributed by atoms with Gasteiger partial charge in [0.2, 0.25) is 0 Å². The molecule has 0 aliphatic carbocycles. The molecule has 1 aromatic heterocycles. The Morgan fingerprint density at radius 3 is 2.85 bits per heavy atom. The van der Waals surface area contributed by atoms with Crippen molar-refractivity contribution in [3.63, 3.8) is 0 Å². The smallest absolute Gasteiger partial charge is 0.262 e. The van der Waals surface area contributed by atoms with Gasteiger partial charge in [-0.3, -0.25) is 0 Å². The van der Waals surface area contributed by atoms with Crippen LogP contribution in [0.1, 0.15) is 11.1 Å². The van der Waals surface area contributed by atoms with Crippen LogP contribution in [0.2, 0.25) is 0 Å². The quantitative estimate of drug-likeness (QED) is 0.828. The second-order valence-electron chi connectivity index (χ2n) is 4.95. The van der Waals surface area contributed by atoms with Gasteiger partial charge in [0.25, 0.3) is 10.0 Å². The number of sulfonamides is 1. The molecule has 1 aromatic carbocycles. The summed E-state index contributed by atoms with van der Waals surface area (Å²) in [4.78, 5) is 3.94. The minimum absolute atomic E-state index is 0.0814. The summed E-state index contributed by atoms with van der Waals surface area (Å²) in [6.07, 6.45) is 3.67.